The van der Waals surface area contributed by atoms with Gasteiger partial charge in [-0.05, 0) is 63.7 Å². The quantitative estimate of drug-likeness (QED) is 0.164. The lowest BCUT2D eigenvalue weighted by atomic mass is 9.99. The van der Waals surface area contributed by atoms with Crippen LogP contribution in [-0.4, -0.2) is 19.5 Å². The first-order valence-electron chi connectivity index (χ1n) is 27.7. The van der Waals surface area contributed by atoms with Crippen LogP contribution in [0.5, 0.6) is 0 Å². The van der Waals surface area contributed by atoms with E-state index in [1.807, 2.05) is 36.4 Å². The highest BCUT2D eigenvalue weighted by Crippen LogP contribution is 2.41. The van der Waals surface area contributed by atoms with Crippen LogP contribution in [0.1, 0.15) is 30.2 Å². The maximum absolute atomic E-state index is 9.56. The third-order valence-corrected chi connectivity index (χ3v) is 8.82. The molecule has 4 heteroatoms. The largest absolute Gasteiger partial charge is 0.308 e. The first-order chi connectivity index (χ1) is 36.4. The van der Waals surface area contributed by atoms with E-state index in [1.165, 1.54) is 18.2 Å². The minimum absolute atomic E-state index is 0.0821. The Hall–Kier alpha value is -7.43. The number of para-hydroxylation sites is 1. The average molecular weight is 725 g/mol. The molecule has 0 atom stereocenters. The van der Waals surface area contributed by atoms with Crippen molar-refractivity contribution in [2.45, 2.75) is 0 Å². The minimum Gasteiger partial charge on any atom is -0.308 e. The molecule has 0 N–H and O–H groups in total. The van der Waals surface area contributed by atoms with Crippen molar-refractivity contribution in [3.63, 3.8) is 0 Å². The molecule has 10 rings (SSSR count). The molecule has 8 aromatic carbocycles. The summed E-state index contributed by atoms with van der Waals surface area (Å²) >= 11 is 0. The molecule has 0 spiro atoms. The number of hydrogen-bond acceptors (Lipinski definition) is 3. The van der Waals surface area contributed by atoms with E-state index in [2.05, 4.69) is 4.98 Å². The van der Waals surface area contributed by atoms with Crippen molar-refractivity contribution >= 4 is 21.8 Å². The third-order valence-electron chi connectivity index (χ3n) is 8.82. The molecule has 10 aromatic rings. The Balaban J connectivity index is 1.44. The zero-order valence-corrected chi connectivity index (χ0v) is 28.2. The van der Waals surface area contributed by atoms with E-state index in [9.17, 15) is 6.85 Å². The molecule has 0 aliphatic carbocycles. The highest BCUT2D eigenvalue weighted by atomic mass is 15.1. The van der Waals surface area contributed by atoms with Crippen molar-refractivity contribution < 1.29 is 30.2 Å². The van der Waals surface area contributed by atoms with Gasteiger partial charge in [0, 0.05) is 27.5 Å². The number of nitrogens with zero attached hydrogens (tertiary/aromatic N) is 4. The van der Waals surface area contributed by atoms with Crippen LogP contribution in [0.25, 0.3) is 95.0 Å². The lowest BCUT2D eigenvalue weighted by Gasteiger charge is -2.16. The minimum atomic E-state index is -0.861. The molecule has 0 saturated heterocycles. The lowest BCUT2D eigenvalue weighted by Crippen LogP contribution is -2.04. The first kappa shape index (κ1) is 16.7. The van der Waals surface area contributed by atoms with Gasteiger partial charge in [0.15, 0.2) is 17.5 Å². The molecule has 0 aliphatic heterocycles. The van der Waals surface area contributed by atoms with Crippen molar-refractivity contribution in [3.05, 3.63) is 206 Å². The molecule has 0 bridgehead atoms. The van der Waals surface area contributed by atoms with Gasteiger partial charge in [0.2, 0.25) is 0 Å². The average Bonchev–Trinajstić information content (AvgIpc) is 3.97. The van der Waals surface area contributed by atoms with Crippen LogP contribution in [0.3, 0.4) is 0 Å². The maximum Gasteiger partial charge on any atom is 0.166 e. The molecule has 4 nitrogen and oxygen atoms in total. The zero-order chi connectivity index (χ0) is 55.7. The molecule has 0 unspecified atom stereocenters. The van der Waals surface area contributed by atoms with E-state index in [-0.39, 0.29) is 28.2 Å². The van der Waals surface area contributed by atoms with Gasteiger partial charge in [0.25, 0.3) is 0 Å². The molecular weight excluding hydrogens is 669 g/mol. The molecule has 2 aromatic heterocycles. The van der Waals surface area contributed by atoms with E-state index in [0.717, 1.165) is 10.1 Å². The number of hydrogen-bond donors (Lipinski definition) is 0. The van der Waals surface area contributed by atoms with E-state index < -0.39 is 183 Å². The third kappa shape index (κ3) is 5.96. The van der Waals surface area contributed by atoms with Gasteiger partial charge in [-0.3, -0.25) is 0 Å². The Bertz CT molecular complexity index is 4170. The Kier molecular flexibility index (Phi) is 4.21. The van der Waals surface area contributed by atoms with E-state index >= 15 is 0 Å². The van der Waals surface area contributed by atoms with Crippen molar-refractivity contribution in [1.29, 1.82) is 0 Å². The highest BCUT2D eigenvalue weighted by molar-refractivity contribution is 6.16. The number of benzene rings is 8. The van der Waals surface area contributed by atoms with Gasteiger partial charge in [-0.25, -0.2) is 15.0 Å². The van der Waals surface area contributed by atoms with Crippen LogP contribution in [-0.2, 0) is 0 Å². The predicted octanol–water partition coefficient (Wildman–Crippen LogP) is 13.0. The Labute approximate surface area is 350 Å². The Morgan fingerprint density at radius 3 is 1.71 bits per heavy atom. The van der Waals surface area contributed by atoms with Crippen molar-refractivity contribution in [2.75, 3.05) is 0 Å². The van der Waals surface area contributed by atoms with Gasteiger partial charge < -0.3 is 4.57 Å². The smallest absolute Gasteiger partial charge is 0.166 e. The number of fused-ring (bicyclic) bond motifs is 3. The lowest BCUT2D eigenvalue weighted by molar-refractivity contribution is 1.06. The van der Waals surface area contributed by atoms with E-state index in [4.69, 9.17) is 33.3 Å². The van der Waals surface area contributed by atoms with Gasteiger partial charge in [-0.1, -0.05) is 175 Å². The summed E-state index contributed by atoms with van der Waals surface area (Å²) in [7, 11) is 0. The van der Waals surface area contributed by atoms with Gasteiger partial charge in [0.05, 0.1) is 46.9 Å². The molecule has 55 heavy (non-hydrogen) atoms. The van der Waals surface area contributed by atoms with Crippen molar-refractivity contribution in [3.8, 4) is 73.2 Å². The van der Waals surface area contributed by atoms with Gasteiger partial charge in [0.1, 0.15) is 0 Å². The molecule has 0 amide bonds. The van der Waals surface area contributed by atoms with Gasteiger partial charge in [-0.15, -0.1) is 0 Å². The standard InChI is InChI=1S/C51H34N4/c1-5-17-35(18-6-1)39-25-15-26-41(33-39)50-52-49(38-23-11-4-12-24-38)53-51(54-50)44-34-40(36-19-7-2-8-20-36)31-32-46(44)55-45-29-14-13-27-43(45)48-42(28-16-30-47(48)55)37-21-9-3-10-22-37/h1-34H/i2D,3D,4D,7D,8D,9D,10D,11D,12D,13D,14D,16D,19D,20D,21D,22D,23D,24D,27D,28D,29D,30D. The molecule has 0 radical (unpaired) electrons. The monoisotopic (exact) mass is 724 g/mol. The Morgan fingerprint density at radius 2 is 0.945 bits per heavy atom. The second kappa shape index (κ2) is 13.8. The second-order valence-electron chi connectivity index (χ2n) is 12.0. The number of aromatic nitrogens is 4. The fourth-order valence-electron chi connectivity index (χ4n) is 6.40. The maximum atomic E-state index is 9.56. The zero-order valence-electron chi connectivity index (χ0n) is 50.2. The normalized spacial score (nSPS) is 16.9. The van der Waals surface area contributed by atoms with Crippen molar-refractivity contribution in [1.82, 2.24) is 19.5 Å². The summed E-state index contributed by atoms with van der Waals surface area (Å²) in [6, 6.07) is 3.16. The van der Waals surface area contributed by atoms with E-state index in [1.54, 1.807) is 18.2 Å². The molecule has 0 fully saturated rings. The van der Waals surface area contributed by atoms with E-state index in [0.29, 0.717) is 11.1 Å². The fraction of sp³-hybridized carbons (Fsp3) is 0. The van der Waals surface area contributed by atoms with Crippen LogP contribution in [0.4, 0.5) is 0 Å². The van der Waals surface area contributed by atoms with Gasteiger partial charge in [-0.2, -0.15) is 0 Å². The predicted molar refractivity (Wildman–Crippen MR) is 227 cm³/mol. The Morgan fingerprint density at radius 1 is 0.364 bits per heavy atom. The molecule has 258 valence electrons. The highest BCUT2D eigenvalue weighted by Gasteiger charge is 2.22. The summed E-state index contributed by atoms with van der Waals surface area (Å²) < 4.78 is 196. The second-order valence-corrected chi connectivity index (χ2v) is 12.0. The SMILES string of the molecule is [2H]c1c([2H])c([2H])c(-c2ccc(-n3c4c([2H])c([2H])c([2H])c([2H])c4c4c(-c5c([2H])c([2H])c([2H])c([2H])c5[2H])c([2H])c([2H])c([2H])c43)c(-c3nc(-c4cccc(-c5ccccc5)c4)nc(-c4c([2H])c([2H])c([2H])c([2H])c4[2H])n3)c2)c([2H])c1[2H]. The summed E-state index contributed by atoms with van der Waals surface area (Å²) in [4.78, 5) is 14.3. The van der Waals surface area contributed by atoms with Gasteiger partial charge >= 0.3 is 0 Å². The van der Waals surface area contributed by atoms with Crippen LogP contribution in [0.15, 0.2) is 206 Å². The van der Waals surface area contributed by atoms with Crippen LogP contribution in [0, 0.1) is 0 Å². The summed E-state index contributed by atoms with van der Waals surface area (Å²) in [5.74, 6) is -1.05. The molecule has 0 aliphatic rings. The van der Waals surface area contributed by atoms with Crippen LogP contribution >= 0.6 is 0 Å². The van der Waals surface area contributed by atoms with Crippen LogP contribution in [0.2, 0.25) is 0 Å². The van der Waals surface area contributed by atoms with Crippen LogP contribution < -0.4 is 0 Å². The molecular formula is C51H34N4. The summed E-state index contributed by atoms with van der Waals surface area (Å²) in [6.07, 6.45) is 0. The number of rotatable bonds is 7. The molecule has 2 heterocycles. The topological polar surface area (TPSA) is 43.6 Å². The molecule has 0 saturated carbocycles. The summed E-state index contributed by atoms with van der Waals surface area (Å²) in [5.41, 5.74) is -1.63. The first-order valence-corrected chi connectivity index (χ1v) is 16.7. The fourth-order valence-corrected chi connectivity index (χ4v) is 6.40. The summed E-state index contributed by atoms with van der Waals surface area (Å²) in [6.45, 7) is 0. The van der Waals surface area contributed by atoms with Crippen molar-refractivity contribution in [2.24, 2.45) is 0 Å². The summed E-state index contributed by atoms with van der Waals surface area (Å²) in [5, 5.41) is -0.810.